The van der Waals surface area contributed by atoms with Crippen molar-refractivity contribution in [3.05, 3.63) is 48.8 Å². The van der Waals surface area contributed by atoms with Crippen LogP contribution in [0.1, 0.15) is 0 Å². The maximum Gasteiger partial charge on any atom is 0.0373 e. The molecule has 1 aromatic heterocycles. The van der Waals surface area contributed by atoms with E-state index in [4.69, 9.17) is 0 Å². The third kappa shape index (κ3) is 2.36. The summed E-state index contributed by atoms with van der Waals surface area (Å²) < 4.78 is 0. The van der Waals surface area contributed by atoms with Crippen molar-refractivity contribution in [2.75, 3.05) is 31.1 Å². The van der Waals surface area contributed by atoms with Crippen molar-refractivity contribution in [2.24, 2.45) is 0 Å². The number of nitrogens with zero attached hydrogens (tertiary/aromatic N) is 2. The molecule has 0 spiro atoms. The van der Waals surface area contributed by atoms with Crippen molar-refractivity contribution < 1.29 is 0 Å². The molecular weight excluding hydrogens is 222 g/mol. The number of pyridine rings is 1. The Bertz CT molecular complexity index is 504. The molecule has 0 saturated carbocycles. The van der Waals surface area contributed by atoms with E-state index in [1.165, 1.54) is 16.8 Å². The quantitative estimate of drug-likeness (QED) is 0.870. The topological polar surface area (TPSA) is 28.2 Å². The molecule has 0 radical (unpaired) electrons. The van der Waals surface area contributed by atoms with Crippen molar-refractivity contribution in [1.29, 1.82) is 0 Å². The van der Waals surface area contributed by atoms with Gasteiger partial charge in [-0.05, 0) is 35.4 Å². The standard InChI is InChI=1S/C15H17N3/c1-2-14(13-4-6-16-7-5-13)12-15(3-1)18-10-8-17-9-11-18/h1-7,12,17H,8-11H2. The highest BCUT2D eigenvalue weighted by atomic mass is 15.2. The fourth-order valence-corrected chi connectivity index (χ4v) is 2.35. The Kier molecular flexibility index (Phi) is 3.24. The minimum Gasteiger partial charge on any atom is -0.369 e. The van der Waals surface area contributed by atoms with Gasteiger partial charge in [-0.3, -0.25) is 4.98 Å². The first-order valence-corrected chi connectivity index (χ1v) is 6.39. The molecular formula is C15H17N3. The number of hydrogen-bond donors (Lipinski definition) is 1. The highest BCUT2D eigenvalue weighted by Crippen LogP contribution is 2.24. The van der Waals surface area contributed by atoms with Gasteiger partial charge in [-0.2, -0.15) is 0 Å². The smallest absolute Gasteiger partial charge is 0.0373 e. The fourth-order valence-electron chi connectivity index (χ4n) is 2.35. The molecule has 3 nitrogen and oxygen atoms in total. The van der Waals surface area contributed by atoms with Crippen LogP contribution in [0, 0.1) is 0 Å². The first kappa shape index (κ1) is 11.2. The predicted octanol–water partition coefficient (Wildman–Crippen LogP) is 2.16. The molecule has 2 heterocycles. The highest BCUT2D eigenvalue weighted by molar-refractivity contribution is 5.68. The van der Waals surface area contributed by atoms with E-state index in [0.29, 0.717) is 0 Å². The van der Waals surface area contributed by atoms with Crippen LogP contribution >= 0.6 is 0 Å². The number of benzene rings is 1. The normalized spacial score (nSPS) is 15.7. The van der Waals surface area contributed by atoms with Crippen LogP contribution in [0.15, 0.2) is 48.8 Å². The molecule has 1 fully saturated rings. The minimum absolute atomic E-state index is 1.07. The van der Waals surface area contributed by atoms with Gasteiger partial charge in [-0.25, -0.2) is 0 Å². The van der Waals surface area contributed by atoms with Crippen LogP contribution in [0.2, 0.25) is 0 Å². The Balaban J connectivity index is 1.89. The molecule has 1 aliphatic heterocycles. The van der Waals surface area contributed by atoms with E-state index in [1.54, 1.807) is 0 Å². The Morgan fingerprint density at radius 1 is 0.944 bits per heavy atom. The van der Waals surface area contributed by atoms with Crippen molar-refractivity contribution in [3.63, 3.8) is 0 Å². The third-order valence-electron chi connectivity index (χ3n) is 3.34. The van der Waals surface area contributed by atoms with Gasteiger partial charge in [-0.1, -0.05) is 12.1 Å². The van der Waals surface area contributed by atoms with E-state index in [9.17, 15) is 0 Å². The molecule has 1 N–H and O–H groups in total. The first-order valence-electron chi connectivity index (χ1n) is 6.39. The highest BCUT2D eigenvalue weighted by Gasteiger charge is 2.10. The Hall–Kier alpha value is -1.87. The van der Waals surface area contributed by atoms with E-state index >= 15 is 0 Å². The SMILES string of the molecule is c1cc(-c2ccncc2)cc(N2CCNCC2)c1. The average Bonchev–Trinajstić information content (AvgIpc) is 2.49. The molecule has 0 unspecified atom stereocenters. The Labute approximate surface area is 107 Å². The minimum atomic E-state index is 1.07. The summed E-state index contributed by atoms with van der Waals surface area (Å²) in [7, 11) is 0. The molecule has 1 aliphatic rings. The predicted molar refractivity (Wildman–Crippen MR) is 74.8 cm³/mol. The lowest BCUT2D eigenvalue weighted by Gasteiger charge is -2.29. The second kappa shape index (κ2) is 5.19. The largest absolute Gasteiger partial charge is 0.369 e. The lowest BCUT2D eigenvalue weighted by molar-refractivity contribution is 0.589. The Morgan fingerprint density at radius 3 is 2.50 bits per heavy atom. The maximum absolute atomic E-state index is 4.06. The van der Waals surface area contributed by atoms with Gasteiger partial charge in [0.25, 0.3) is 0 Å². The summed E-state index contributed by atoms with van der Waals surface area (Å²) in [5.74, 6) is 0. The van der Waals surface area contributed by atoms with Gasteiger partial charge in [0.15, 0.2) is 0 Å². The summed E-state index contributed by atoms with van der Waals surface area (Å²) in [6.07, 6.45) is 3.68. The number of hydrogen-bond acceptors (Lipinski definition) is 3. The number of aromatic nitrogens is 1. The molecule has 0 atom stereocenters. The van der Waals surface area contributed by atoms with Gasteiger partial charge in [0, 0.05) is 44.3 Å². The molecule has 1 aromatic carbocycles. The van der Waals surface area contributed by atoms with E-state index in [0.717, 1.165) is 26.2 Å². The van der Waals surface area contributed by atoms with Crippen LogP contribution in [0.4, 0.5) is 5.69 Å². The van der Waals surface area contributed by atoms with E-state index in [-0.39, 0.29) is 0 Å². The van der Waals surface area contributed by atoms with Crippen LogP contribution in [0.25, 0.3) is 11.1 Å². The number of rotatable bonds is 2. The Morgan fingerprint density at radius 2 is 1.72 bits per heavy atom. The molecule has 3 rings (SSSR count). The molecule has 0 amide bonds. The molecule has 3 heteroatoms. The molecule has 0 bridgehead atoms. The number of piperazine rings is 1. The van der Waals surface area contributed by atoms with Crippen LogP contribution in [0.5, 0.6) is 0 Å². The monoisotopic (exact) mass is 239 g/mol. The van der Waals surface area contributed by atoms with Gasteiger partial charge in [0.2, 0.25) is 0 Å². The second-order valence-electron chi connectivity index (χ2n) is 4.52. The molecule has 0 aliphatic carbocycles. The van der Waals surface area contributed by atoms with E-state index in [1.807, 2.05) is 12.4 Å². The van der Waals surface area contributed by atoms with Crippen LogP contribution < -0.4 is 10.2 Å². The van der Waals surface area contributed by atoms with Gasteiger partial charge >= 0.3 is 0 Å². The lowest BCUT2D eigenvalue weighted by atomic mass is 10.1. The summed E-state index contributed by atoms with van der Waals surface area (Å²) in [6.45, 7) is 4.30. The molecule has 1 saturated heterocycles. The second-order valence-corrected chi connectivity index (χ2v) is 4.52. The summed E-state index contributed by atoms with van der Waals surface area (Å²) in [5, 5.41) is 3.38. The van der Waals surface area contributed by atoms with E-state index in [2.05, 4.69) is 51.6 Å². The molecule has 18 heavy (non-hydrogen) atoms. The summed E-state index contributed by atoms with van der Waals surface area (Å²) in [6, 6.07) is 12.8. The van der Waals surface area contributed by atoms with E-state index < -0.39 is 0 Å². The fraction of sp³-hybridized carbons (Fsp3) is 0.267. The molecule has 92 valence electrons. The zero-order chi connectivity index (χ0) is 12.2. The van der Waals surface area contributed by atoms with Crippen molar-refractivity contribution in [1.82, 2.24) is 10.3 Å². The van der Waals surface area contributed by atoms with Gasteiger partial charge in [0.1, 0.15) is 0 Å². The number of nitrogens with one attached hydrogen (secondary N) is 1. The summed E-state index contributed by atoms with van der Waals surface area (Å²) in [5.41, 5.74) is 3.79. The van der Waals surface area contributed by atoms with Gasteiger partial charge in [0.05, 0.1) is 0 Å². The average molecular weight is 239 g/mol. The van der Waals surface area contributed by atoms with Crippen LogP contribution in [-0.4, -0.2) is 31.2 Å². The van der Waals surface area contributed by atoms with Crippen molar-refractivity contribution in [2.45, 2.75) is 0 Å². The zero-order valence-electron chi connectivity index (χ0n) is 10.3. The van der Waals surface area contributed by atoms with Crippen LogP contribution in [0.3, 0.4) is 0 Å². The van der Waals surface area contributed by atoms with Gasteiger partial charge < -0.3 is 10.2 Å². The number of anilines is 1. The third-order valence-corrected chi connectivity index (χ3v) is 3.34. The first-order chi connectivity index (χ1) is 8.93. The maximum atomic E-state index is 4.06. The zero-order valence-corrected chi connectivity index (χ0v) is 10.3. The van der Waals surface area contributed by atoms with Gasteiger partial charge in [-0.15, -0.1) is 0 Å². The van der Waals surface area contributed by atoms with Crippen LogP contribution in [-0.2, 0) is 0 Å². The summed E-state index contributed by atoms with van der Waals surface area (Å²) >= 11 is 0. The van der Waals surface area contributed by atoms with Crippen molar-refractivity contribution in [3.8, 4) is 11.1 Å². The molecule has 2 aromatic rings. The summed E-state index contributed by atoms with van der Waals surface area (Å²) in [4.78, 5) is 6.50. The van der Waals surface area contributed by atoms with Crippen molar-refractivity contribution >= 4 is 5.69 Å². The lowest BCUT2D eigenvalue weighted by Crippen LogP contribution is -2.43.